The topological polar surface area (TPSA) is 0 Å². The van der Waals surface area contributed by atoms with E-state index in [0.29, 0.717) is 0 Å². The molecule has 0 N–H and O–H groups in total. The number of rotatable bonds is 1. The molecule has 0 saturated carbocycles. The maximum atomic E-state index is 2.35. The summed E-state index contributed by atoms with van der Waals surface area (Å²) < 4.78 is 2.35. The van der Waals surface area contributed by atoms with Gasteiger partial charge in [0.25, 0.3) is 0 Å². The van der Waals surface area contributed by atoms with Gasteiger partial charge in [0, 0.05) is 0 Å². The van der Waals surface area contributed by atoms with Gasteiger partial charge in [-0.25, -0.2) is 0 Å². The second-order valence-corrected chi connectivity index (χ2v) is 8.94. The molecule has 40 valence electrons. The van der Waals surface area contributed by atoms with E-state index in [1.54, 1.807) is 0 Å². The molecule has 0 unspecified atom stereocenters. The van der Waals surface area contributed by atoms with Gasteiger partial charge >= 0.3 is 52.7 Å². The Morgan fingerprint density at radius 1 is 1.29 bits per heavy atom. The van der Waals surface area contributed by atoms with E-state index < -0.39 is 8.07 Å². The second-order valence-electron chi connectivity index (χ2n) is 2.57. The Hall–Kier alpha value is 1.14. The van der Waals surface area contributed by atoms with E-state index in [1.807, 2.05) is 21.2 Å². The smallest absolute Gasteiger partial charge is 0.147 e. The van der Waals surface area contributed by atoms with Crippen LogP contribution in [0.1, 0.15) is 0 Å². The molecule has 0 heterocycles. The number of halogens is 1. The summed E-state index contributed by atoms with van der Waals surface area (Å²) in [5.74, 6) is 0. The second kappa shape index (κ2) is 4.07. The van der Waals surface area contributed by atoms with Gasteiger partial charge in [-0.15, -0.1) is 12.4 Å². The van der Waals surface area contributed by atoms with Crippen molar-refractivity contribution in [3.63, 3.8) is 0 Å². The van der Waals surface area contributed by atoms with Gasteiger partial charge in [0.15, 0.2) is 0 Å². The Bertz CT molecular complexity index is 57.2. The largest absolute Gasteiger partial charge is 0.147 e. The van der Waals surface area contributed by atoms with E-state index in [0.717, 1.165) is 0 Å². The number of hydrogen-bond donors (Lipinski definition) is 0. The molecule has 0 spiro atoms. The van der Waals surface area contributed by atoms with Crippen LogP contribution >= 0.6 is 12.4 Å². The molecule has 0 atom stereocenters. The maximum absolute atomic E-state index is 2.35. The zero-order valence-electron chi connectivity index (χ0n) is 5.19. The average Bonchev–Trinajstić information content (AvgIpc) is 1.35. The molecule has 0 nitrogen and oxygen atoms in total. The SMILES string of the molecule is C[Si](C)(C)[CH]=[Mg].Cl. The van der Waals surface area contributed by atoms with Crippen molar-refractivity contribution in [1.29, 1.82) is 0 Å². The van der Waals surface area contributed by atoms with E-state index in [2.05, 4.69) is 23.4 Å². The molecular formula is C4H11ClMgSi. The van der Waals surface area contributed by atoms with E-state index in [1.165, 1.54) is 0 Å². The summed E-state index contributed by atoms with van der Waals surface area (Å²) in [5, 5.41) is 0. The first-order valence-corrected chi connectivity index (χ1v) is 6.59. The zero-order chi connectivity index (χ0) is 5.21. The summed E-state index contributed by atoms with van der Waals surface area (Å²) in [6, 6.07) is 0. The van der Waals surface area contributed by atoms with Gasteiger partial charge in [0.1, 0.15) is 0 Å². The maximum Gasteiger partial charge on any atom is -0.147 e. The van der Waals surface area contributed by atoms with Crippen molar-refractivity contribution in [2.75, 3.05) is 0 Å². The minimum Gasteiger partial charge on any atom is -0.147 e. The molecule has 0 aromatic carbocycles. The quantitative estimate of drug-likeness (QED) is 0.489. The zero-order valence-corrected chi connectivity index (χ0v) is 8.42. The molecule has 0 aliphatic carbocycles. The third kappa shape index (κ3) is 11.0. The molecule has 0 saturated heterocycles. The Labute approximate surface area is 65.0 Å². The van der Waals surface area contributed by atoms with Crippen molar-refractivity contribution in [2.24, 2.45) is 0 Å². The third-order valence-electron chi connectivity index (χ3n) is 0.612. The molecule has 0 rings (SSSR count). The normalized spacial score (nSPS) is 9.86. The molecule has 0 radical (unpaired) electrons. The molecule has 0 aromatic rings. The van der Waals surface area contributed by atoms with Crippen LogP contribution in [-0.4, -0.2) is 33.1 Å². The summed E-state index contributed by atoms with van der Waals surface area (Å²) in [7, 11) is -0.744. The van der Waals surface area contributed by atoms with E-state index in [4.69, 9.17) is 0 Å². The molecule has 0 aliphatic heterocycles. The summed E-state index contributed by atoms with van der Waals surface area (Å²) in [6.07, 6.45) is 0. The summed E-state index contributed by atoms with van der Waals surface area (Å²) in [4.78, 5) is 0. The Morgan fingerprint density at radius 2 is 1.43 bits per heavy atom. The fourth-order valence-corrected chi connectivity index (χ4v) is 0. The van der Waals surface area contributed by atoms with Gasteiger partial charge in [-0.05, 0) is 0 Å². The molecule has 7 heavy (non-hydrogen) atoms. The van der Waals surface area contributed by atoms with Crippen molar-refractivity contribution in [3.8, 4) is 0 Å². The molecule has 0 aliphatic rings. The van der Waals surface area contributed by atoms with E-state index in [-0.39, 0.29) is 12.4 Å². The molecule has 3 heteroatoms. The van der Waals surface area contributed by atoms with Gasteiger partial charge in [-0.1, -0.05) is 0 Å². The van der Waals surface area contributed by atoms with Gasteiger partial charge in [0.05, 0.1) is 0 Å². The first-order chi connectivity index (χ1) is 2.56. The summed E-state index contributed by atoms with van der Waals surface area (Å²) in [5.41, 5.74) is 0. The van der Waals surface area contributed by atoms with Crippen LogP contribution in [0.5, 0.6) is 0 Å². The van der Waals surface area contributed by atoms with Gasteiger partial charge < -0.3 is 0 Å². The third-order valence-corrected chi connectivity index (χ3v) is 5.51. The van der Waals surface area contributed by atoms with Crippen LogP contribution in [0.2, 0.25) is 19.6 Å². The van der Waals surface area contributed by atoms with Crippen LogP contribution in [0.4, 0.5) is 0 Å². The Balaban J connectivity index is 0. The standard InChI is InChI=1S/C4H10Si.ClH.Mg/c1-5(2,3)4;;/h1H,2-4H3;1H;. The average molecular weight is 147 g/mol. The molecule has 0 bridgehead atoms. The number of hydrogen-bond acceptors (Lipinski definition) is 0. The monoisotopic (exact) mass is 146 g/mol. The van der Waals surface area contributed by atoms with Gasteiger partial charge in [-0.2, -0.15) is 0 Å². The predicted octanol–water partition coefficient (Wildman–Crippen LogP) is 1.26. The molecule has 0 aromatic heterocycles. The van der Waals surface area contributed by atoms with Crippen molar-refractivity contribution in [3.05, 3.63) is 0 Å². The van der Waals surface area contributed by atoms with Crippen LogP contribution in [0.15, 0.2) is 0 Å². The summed E-state index contributed by atoms with van der Waals surface area (Å²) in [6.45, 7) is 7.00. The van der Waals surface area contributed by atoms with Crippen molar-refractivity contribution in [1.82, 2.24) is 0 Å². The van der Waals surface area contributed by atoms with Gasteiger partial charge in [0.2, 0.25) is 0 Å². The predicted molar refractivity (Wildman–Crippen MR) is 42.4 cm³/mol. The van der Waals surface area contributed by atoms with Crippen LogP contribution in [-0.2, 0) is 0 Å². The minimum absolute atomic E-state index is 0. The fourth-order valence-electron chi connectivity index (χ4n) is 0. The van der Waals surface area contributed by atoms with E-state index >= 15 is 0 Å². The van der Waals surface area contributed by atoms with Crippen LogP contribution in [0, 0.1) is 0 Å². The molecule has 0 fully saturated rings. The fraction of sp³-hybridized carbons (Fsp3) is 0.750. The van der Waals surface area contributed by atoms with Crippen molar-refractivity contribution < 1.29 is 0 Å². The van der Waals surface area contributed by atoms with Crippen LogP contribution in [0.3, 0.4) is 0 Å². The van der Waals surface area contributed by atoms with Crippen LogP contribution < -0.4 is 0 Å². The van der Waals surface area contributed by atoms with Crippen molar-refractivity contribution >= 4 is 45.5 Å². The van der Waals surface area contributed by atoms with Crippen LogP contribution in [0.25, 0.3) is 0 Å². The summed E-state index contributed by atoms with van der Waals surface area (Å²) >= 11 is 1.97. The Kier molecular flexibility index (Phi) is 6.39. The minimum atomic E-state index is -0.744. The first kappa shape index (κ1) is 11.0. The Morgan fingerprint density at radius 3 is 1.43 bits per heavy atom. The van der Waals surface area contributed by atoms with E-state index in [9.17, 15) is 0 Å². The molecule has 0 amide bonds. The molecular weight excluding hydrogens is 136 g/mol. The van der Waals surface area contributed by atoms with Crippen molar-refractivity contribution in [2.45, 2.75) is 19.6 Å². The van der Waals surface area contributed by atoms with Gasteiger partial charge in [-0.3, -0.25) is 0 Å². The first-order valence-electron chi connectivity index (χ1n) is 2.20.